The third kappa shape index (κ3) is 6.28. The van der Waals surface area contributed by atoms with Gasteiger partial charge in [0.15, 0.2) is 0 Å². The second-order valence-corrected chi connectivity index (χ2v) is 5.79. The van der Waals surface area contributed by atoms with Crippen LogP contribution in [-0.2, 0) is 9.53 Å². The normalized spacial score (nSPS) is 14.6. The molecule has 0 unspecified atom stereocenters. The van der Waals surface area contributed by atoms with Gasteiger partial charge in [0.1, 0.15) is 0 Å². The second kappa shape index (κ2) is 9.16. The molecule has 0 aromatic heterocycles. The molecule has 1 aromatic rings. The fourth-order valence-corrected chi connectivity index (χ4v) is 2.22. The van der Waals surface area contributed by atoms with E-state index in [1.165, 1.54) is 6.08 Å². The van der Waals surface area contributed by atoms with Gasteiger partial charge >= 0.3 is 5.97 Å². The van der Waals surface area contributed by atoms with Crippen LogP contribution in [0, 0.1) is 5.92 Å². The van der Waals surface area contributed by atoms with Crippen LogP contribution in [0.3, 0.4) is 0 Å². The predicted octanol–water partition coefficient (Wildman–Crippen LogP) is 3.49. The smallest absolute Gasteiger partial charge is 0.330 e. The molecule has 0 radical (unpaired) electrons. The third-order valence-electron chi connectivity index (χ3n) is 3.54. The topological polar surface area (TPSA) is 49.8 Å². The number of carbonyl (C=O) groups excluding carboxylic acids is 1. The van der Waals surface area contributed by atoms with Crippen molar-refractivity contribution in [1.29, 1.82) is 0 Å². The first-order valence-electron chi connectivity index (χ1n) is 7.83. The number of hydrogen-bond donors (Lipinski definition) is 1. The molecule has 0 bridgehead atoms. The van der Waals surface area contributed by atoms with Gasteiger partial charge in [0.05, 0.1) is 12.7 Å². The zero-order valence-corrected chi connectivity index (χ0v) is 14.6. The van der Waals surface area contributed by atoms with E-state index in [2.05, 4.69) is 0 Å². The summed E-state index contributed by atoms with van der Waals surface area (Å²) in [6, 6.07) is 7.85. The summed E-state index contributed by atoms with van der Waals surface area (Å²) in [6.45, 7) is 5.98. The first-order chi connectivity index (χ1) is 10.8. The lowest BCUT2D eigenvalue weighted by atomic mass is 9.95. The lowest BCUT2D eigenvalue weighted by Gasteiger charge is -2.18. The zero-order chi connectivity index (χ0) is 17.4. The van der Waals surface area contributed by atoms with Crippen LogP contribution < -0.4 is 4.90 Å². The molecule has 4 heteroatoms. The molecule has 2 atom stereocenters. The number of ether oxygens (including phenoxy) is 1. The van der Waals surface area contributed by atoms with E-state index in [4.69, 9.17) is 4.74 Å². The van der Waals surface area contributed by atoms with Gasteiger partial charge in [-0.25, -0.2) is 4.79 Å². The van der Waals surface area contributed by atoms with Crippen molar-refractivity contribution in [2.24, 2.45) is 5.92 Å². The Kier molecular flexibility index (Phi) is 7.55. The standard InChI is InChI=1S/C19H27NO3/c1-6-23-18(21)12-7-14(2)13-15(3)19(22)16-8-10-17(11-9-16)20(4)5/h7-13,15,19,22H,6H2,1-5H3/b12-7+,14-13+/t15-,19-/m1/s1. The van der Waals surface area contributed by atoms with E-state index in [0.717, 1.165) is 16.8 Å². The van der Waals surface area contributed by atoms with Crippen LogP contribution in [0.4, 0.5) is 5.69 Å². The maximum Gasteiger partial charge on any atom is 0.330 e. The quantitative estimate of drug-likeness (QED) is 0.475. The van der Waals surface area contributed by atoms with Gasteiger partial charge in [0, 0.05) is 31.8 Å². The van der Waals surface area contributed by atoms with E-state index in [9.17, 15) is 9.90 Å². The maximum atomic E-state index is 11.3. The minimum Gasteiger partial charge on any atom is -0.463 e. The van der Waals surface area contributed by atoms with E-state index >= 15 is 0 Å². The average Bonchev–Trinajstić information content (AvgIpc) is 2.52. The number of aliphatic hydroxyl groups is 1. The van der Waals surface area contributed by atoms with Gasteiger partial charge in [-0.2, -0.15) is 0 Å². The van der Waals surface area contributed by atoms with E-state index in [-0.39, 0.29) is 11.9 Å². The van der Waals surface area contributed by atoms with Gasteiger partial charge in [-0.3, -0.25) is 0 Å². The molecule has 0 aliphatic carbocycles. The van der Waals surface area contributed by atoms with Crippen molar-refractivity contribution in [3.8, 4) is 0 Å². The summed E-state index contributed by atoms with van der Waals surface area (Å²) >= 11 is 0. The number of carbonyl (C=O) groups is 1. The van der Waals surface area contributed by atoms with Crippen LogP contribution in [0.5, 0.6) is 0 Å². The first-order valence-corrected chi connectivity index (χ1v) is 7.83. The average molecular weight is 317 g/mol. The summed E-state index contributed by atoms with van der Waals surface area (Å²) in [5, 5.41) is 10.5. The van der Waals surface area contributed by atoms with Crippen molar-refractivity contribution in [3.63, 3.8) is 0 Å². The molecule has 0 aliphatic rings. The van der Waals surface area contributed by atoms with Gasteiger partial charge in [-0.05, 0) is 31.5 Å². The van der Waals surface area contributed by atoms with E-state index in [1.807, 2.05) is 63.2 Å². The molecule has 0 aliphatic heterocycles. The van der Waals surface area contributed by atoms with Crippen molar-refractivity contribution in [2.45, 2.75) is 26.9 Å². The fraction of sp³-hybridized carbons (Fsp3) is 0.421. The van der Waals surface area contributed by atoms with Gasteiger partial charge < -0.3 is 14.7 Å². The van der Waals surface area contributed by atoms with Crippen molar-refractivity contribution in [3.05, 3.63) is 53.6 Å². The zero-order valence-electron chi connectivity index (χ0n) is 14.6. The lowest BCUT2D eigenvalue weighted by molar-refractivity contribution is -0.137. The third-order valence-corrected chi connectivity index (χ3v) is 3.54. The summed E-state index contributed by atoms with van der Waals surface area (Å²) < 4.78 is 4.84. The number of allylic oxidation sites excluding steroid dienone is 2. The van der Waals surface area contributed by atoms with Gasteiger partial charge in [-0.15, -0.1) is 0 Å². The number of benzene rings is 1. The van der Waals surface area contributed by atoms with E-state index in [1.54, 1.807) is 13.0 Å². The Morgan fingerprint density at radius 3 is 2.39 bits per heavy atom. The summed E-state index contributed by atoms with van der Waals surface area (Å²) in [4.78, 5) is 13.3. The fourth-order valence-electron chi connectivity index (χ4n) is 2.22. The Bertz CT molecular complexity index is 558. The summed E-state index contributed by atoms with van der Waals surface area (Å²) in [5.74, 6) is -0.417. The molecule has 0 heterocycles. The van der Waals surface area contributed by atoms with Crippen molar-refractivity contribution in [1.82, 2.24) is 0 Å². The lowest BCUT2D eigenvalue weighted by Crippen LogP contribution is -2.10. The Morgan fingerprint density at radius 1 is 1.26 bits per heavy atom. The van der Waals surface area contributed by atoms with Crippen LogP contribution in [0.25, 0.3) is 0 Å². The van der Waals surface area contributed by atoms with Gasteiger partial charge in [0.25, 0.3) is 0 Å². The van der Waals surface area contributed by atoms with Crippen LogP contribution in [-0.4, -0.2) is 31.8 Å². The molecule has 0 amide bonds. The molecular formula is C19H27NO3. The number of nitrogens with zero attached hydrogens (tertiary/aromatic N) is 1. The largest absolute Gasteiger partial charge is 0.463 e. The number of hydrogen-bond acceptors (Lipinski definition) is 4. The highest BCUT2D eigenvalue weighted by molar-refractivity contribution is 5.82. The molecule has 126 valence electrons. The Labute approximate surface area is 139 Å². The van der Waals surface area contributed by atoms with Crippen molar-refractivity contribution >= 4 is 11.7 Å². The van der Waals surface area contributed by atoms with Crippen molar-refractivity contribution in [2.75, 3.05) is 25.6 Å². The number of rotatable bonds is 7. The summed E-state index contributed by atoms with van der Waals surface area (Å²) in [7, 11) is 3.96. The minimum atomic E-state index is -0.586. The molecule has 23 heavy (non-hydrogen) atoms. The molecular weight excluding hydrogens is 290 g/mol. The van der Waals surface area contributed by atoms with E-state index in [0.29, 0.717) is 6.61 Å². The molecule has 4 nitrogen and oxygen atoms in total. The molecule has 0 saturated carbocycles. The monoisotopic (exact) mass is 317 g/mol. The van der Waals surface area contributed by atoms with Crippen LogP contribution in [0.2, 0.25) is 0 Å². The highest BCUT2D eigenvalue weighted by Crippen LogP contribution is 2.25. The van der Waals surface area contributed by atoms with Crippen LogP contribution >= 0.6 is 0 Å². The van der Waals surface area contributed by atoms with Crippen molar-refractivity contribution < 1.29 is 14.6 Å². The number of esters is 1. The Balaban J connectivity index is 2.73. The van der Waals surface area contributed by atoms with E-state index < -0.39 is 6.10 Å². The maximum absolute atomic E-state index is 11.3. The highest BCUT2D eigenvalue weighted by atomic mass is 16.5. The summed E-state index contributed by atoms with van der Waals surface area (Å²) in [5.41, 5.74) is 2.88. The molecule has 1 aromatic carbocycles. The van der Waals surface area contributed by atoms with Gasteiger partial charge in [-0.1, -0.05) is 36.8 Å². The SMILES string of the molecule is CCOC(=O)/C=C/C(C)=C/[C@@H](C)[C@@H](O)c1ccc(N(C)C)cc1. The van der Waals surface area contributed by atoms with Crippen LogP contribution in [0.1, 0.15) is 32.4 Å². The minimum absolute atomic E-state index is 0.0629. The first kappa shape index (κ1) is 19.0. The second-order valence-electron chi connectivity index (χ2n) is 5.79. The predicted molar refractivity (Wildman–Crippen MR) is 94.4 cm³/mol. The highest BCUT2D eigenvalue weighted by Gasteiger charge is 2.14. The molecule has 1 N–H and O–H groups in total. The molecule has 0 spiro atoms. The molecule has 1 rings (SSSR count). The summed E-state index contributed by atoms with van der Waals surface area (Å²) in [6.07, 6.45) is 4.47. The number of aliphatic hydroxyl groups excluding tert-OH is 1. The molecule has 0 saturated heterocycles. The van der Waals surface area contributed by atoms with Crippen LogP contribution in [0.15, 0.2) is 48.1 Å². The molecule has 0 fully saturated rings. The van der Waals surface area contributed by atoms with Gasteiger partial charge in [0.2, 0.25) is 0 Å². The number of anilines is 1. The Hall–Kier alpha value is -2.07. The Morgan fingerprint density at radius 2 is 1.87 bits per heavy atom.